The number of ether oxygens (including phenoxy) is 2. The van der Waals surface area contributed by atoms with Crippen LogP contribution in [0.4, 0.5) is 29.1 Å². The number of anilines is 2. The van der Waals surface area contributed by atoms with E-state index in [2.05, 4.69) is 15.0 Å². The molecule has 15 heteroatoms. The molecule has 5 rings (SSSR count). The largest absolute Gasteiger partial charge is 0.480 e. The van der Waals surface area contributed by atoms with E-state index in [4.69, 9.17) is 21.1 Å². The first-order valence-corrected chi connectivity index (χ1v) is 13.1. The molecule has 0 aliphatic carbocycles. The van der Waals surface area contributed by atoms with E-state index in [9.17, 15) is 27.5 Å². The Kier molecular flexibility index (Phi) is 8.05. The van der Waals surface area contributed by atoms with Gasteiger partial charge in [-0.2, -0.15) is 0 Å². The number of alkyl halides is 4. The Morgan fingerprint density at radius 1 is 1.23 bits per heavy atom. The van der Waals surface area contributed by atoms with E-state index in [1.54, 1.807) is 22.4 Å². The minimum atomic E-state index is -2.96. The van der Waals surface area contributed by atoms with Gasteiger partial charge in [0.15, 0.2) is 5.82 Å². The van der Waals surface area contributed by atoms with Crippen LogP contribution in [-0.2, 0) is 9.53 Å². The summed E-state index contributed by atoms with van der Waals surface area (Å²) in [6.45, 7) is 0.228. The van der Waals surface area contributed by atoms with Gasteiger partial charge in [0.2, 0.25) is 5.88 Å². The number of morpholine rings is 1. The zero-order valence-corrected chi connectivity index (χ0v) is 21.7. The smallest absolute Gasteiger partial charge is 0.326 e. The first-order chi connectivity index (χ1) is 18.7. The lowest BCUT2D eigenvalue weighted by atomic mass is 10.2. The van der Waals surface area contributed by atoms with Gasteiger partial charge in [0.05, 0.1) is 35.3 Å². The van der Waals surface area contributed by atoms with Crippen molar-refractivity contribution in [3.05, 3.63) is 46.7 Å². The number of carbonyl (C=O) groups is 1. The second-order valence-corrected chi connectivity index (χ2v) is 10.3. The van der Waals surface area contributed by atoms with E-state index >= 15 is 0 Å². The maximum atomic E-state index is 13.6. The van der Waals surface area contributed by atoms with Crippen molar-refractivity contribution in [1.82, 2.24) is 15.0 Å². The molecule has 2 fully saturated rings. The molecule has 0 aromatic carbocycles. The topological polar surface area (TPSA) is 101 Å². The summed E-state index contributed by atoms with van der Waals surface area (Å²) in [6, 6.07) is 5.34. The summed E-state index contributed by atoms with van der Waals surface area (Å²) in [6.07, 6.45) is -6.37. The Balaban J connectivity index is 1.42. The molecule has 2 saturated heterocycles. The maximum absolute atomic E-state index is 13.6. The molecule has 1 N–H and O–H groups in total. The molecule has 0 saturated carbocycles. The number of thiophene rings is 1. The van der Waals surface area contributed by atoms with Gasteiger partial charge in [-0.3, -0.25) is 0 Å². The van der Waals surface area contributed by atoms with Crippen molar-refractivity contribution in [2.45, 2.75) is 37.5 Å². The Hall–Kier alpha value is -3.23. The van der Waals surface area contributed by atoms with Crippen LogP contribution in [0.25, 0.3) is 10.6 Å². The average molecular weight is 588 g/mol. The summed E-state index contributed by atoms with van der Waals surface area (Å²) in [5.41, 5.74) is 0.616. The van der Waals surface area contributed by atoms with Crippen LogP contribution in [0.1, 0.15) is 18.7 Å². The number of nitrogens with zero attached hydrogens (tertiary/aromatic N) is 5. The molecule has 3 aromatic heterocycles. The van der Waals surface area contributed by atoms with Gasteiger partial charge in [0.25, 0.3) is 12.9 Å². The summed E-state index contributed by atoms with van der Waals surface area (Å²) >= 11 is 7.43. The van der Waals surface area contributed by atoms with Crippen LogP contribution in [0.3, 0.4) is 0 Å². The van der Waals surface area contributed by atoms with Gasteiger partial charge in [-0.15, -0.1) is 11.3 Å². The lowest BCUT2D eigenvalue weighted by molar-refractivity contribution is -0.138. The quantitative estimate of drug-likeness (QED) is 0.373. The number of aromatic nitrogens is 3. The summed E-state index contributed by atoms with van der Waals surface area (Å²) in [7, 11) is 0. The van der Waals surface area contributed by atoms with Crippen LogP contribution in [0, 0.1) is 0 Å². The first-order valence-electron chi connectivity index (χ1n) is 11.9. The number of hydrogen-bond donors (Lipinski definition) is 1. The van der Waals surface area contributed by atoms with E-state index in [1.807, 2.05) is 0 Å². The van der Waals surface area contributed by atoms with Gasteiger partial charge in [-0.1, -0.05) is 17.7 Å². The highest BCUT2D eigenvalue weighted by Crippen LogP contribution is 2.36. The fourth-order valence-corrected chi connectivity index (χ4v) is 5.39. The molecule has 3 aromatic rings. The lowest BCUT2D eigenvalue weighted by Crippen LogP contribution is -2.46. The molecule has 2 aliphatic rings. The number of hydrogen-bond acceptors (Lipinski definition) is 9. The molecule has 2 aliphatic heterocycles. The summed E-state index contributed by atoms with van der Waals surface area (Å²) < 4.78 is 65.1. The average Bonchev–Trinajstić information content (AvgIpc) is 3.60. The Morgan fingerprint density at radius 2 is 2.05 bits per heavy atom. The Labute approximate surface area is 229 Å². The number of carboxylic acids is 1. The van der Waals surface area contributed by atoms with E-state index in [1.165, 1.54) is 34.6 Å². The minimum Gasteiger partial charge on any atom is -0.480 e. The lowest BCUT2D eigenvalue weighted by Gasteiger charge is -2.34. The van der Waals surface area contributed by atoms with Crippen LogP contribution in [0.15, 0.2) is 35.8 Å². The van der Waals surface area contributed by atoms with Crippen molar-refractivity contribution >= 4 is 40.4 Å². The Bertz CT molecular complexity index is 1320. The fraction of sp³-hybridized carbons (Fsp3) is 0.417. The minimum absolute atomic E-state index is 0.00689. The van der Waals surface area contributed by atoms with Crippen molar-refractivity contribution in [1.29, 1.82) is 0 Å². The molecular formula is C24H22ClF4N5O4S. The Morgan fingerprint density at radius 3 is 2.74 bits per heavy atom. The first kappa shape index (κ1) is 27.3. The van der Waals surface area contributed by atoms with Gasteiger partial charge in [-0.05, 0) is 17.5 Å². The van der Waals surface area contributed by atoms with Gasteiger partial charge < -0.3 is 24.4 Å². The van der Waals surface area contributed by atoms with E-state index < -0.39 is 42.9 Å². The van der Waals surface area contributed by atoms with Crippen molar-refractivity contribution in [3.63, 3.8) is 0 Å². The van der Waals surface area contributed by atoms with Crippen LogP contribution in [0.5, 0.6) is 5.88 Å². The molecule has 0 bridgehead atoms. The third kappa shape index (κ3) is 6.02. The summed E-state index contributed by atoms with van der Waals surface area (Å²) in [5.74, 6) is -1.79. The second-order valence-electron chi connectivity index (χ2n) is 8.90. The molecule has 0 radical (unpaired) electrons. The molecule has 208 valence electrons. The molecular weight excluding hydrogens is 566 g/mol. The number of pyridine rings is 1. The van der Waals surface area contributed by atoms with E-state index in [-0.39, 0.29) is 48.5 Å². The number of rotatable bonds is 8. The second kappa shape index (κ2) is 11.5. The standard InChI is InChI=1S/C24H22ClF4N5O4S/c25-12-6-15(33-3-4-37-17(11-33)20(26)27)23(30-9-12)38-13-7-16(24(35)36)34(10-13)19-8-14(18-2-1-5-39-18)31-22(32-19)21(28)29/h1-2,5-6,8-9,13,16-17,20-21H,3-4,7,10-11H2,(H,35,36)/t13-,16-,17+/m0/s1. The fourth-order valence-electron chi connectivity index (χ4n) is 4.56. The van der Waals surface area contributed by atoms with Crippen LogP contribution < -0.4 is 14.5 Å². The van der Waals surface area contributed by atoms with E-state index in [0.29, 0.717) is 17.1 Å². The summed E-state index contributed by atoms with van der Waals surface area (Å²) in [4.78, 5) is 27.9. The number of carboxylic acid groups (broad SMARTS) is 1. The SMILES string of the molecule is O=C(O)[C@@H]1C[C@H](Oc2ncc(Cl)cc2N2CCO[C@@H](C(F)F)C2)CN1c1cc(-c2cccs2)nc(C(F)F)n1. The normalized spacial score (nSPS) is 21.7. The van der Waals surface area contributed by atoms with Crippen molar-refractivity contribution in [2.75, 3.05) is 36.0 Å². The molecule has 39 heavy (non-hydrogen) atoms. The molecule has 0 spiro atoms. The molecule has 0 amide bonds. The highest BCUT2D eigenvalue weighted by molar-refractivity contribution is 7.13. The molecule has 0 unspecified atom stereocenters. The molecule has 5 heterocycles. The van der Waals surface area contributed by atoms with Crippen molar-refractivity contribution in [3.8, 4) is 16.5 Å². The monoisotopic (exact) mass is 587 g/mol. The highest BCUT2D eigenvalue weighted by Gasteiger charge is 2.40. The summed E-state index contributed by atoms with van der Waals surface area (Å²) in [5, 5.41) is 12.0. The van der Waals surface area contributed by atoms with Crippen LogP contribution >= 0.6 is 22.9 Å². The van der Waals surface area contributed by atoms with Gasteiger partial charge in [0, 0.05) is 25.2 Å². The maximum Gasteiger partial charge on any atom is 0.326 e. The third-order valence-electron chi connectivity index (χ3n) is 6.33. The molecule has 3 atom stereocenters. The van der Waals surface area contributed by atoms with E-state index in [0.717, 1.165) is 0 Å². The number of halogens is 5. The van der Waals surface area contributed by atoms with Crippen molar-refractivity contribution in [2.24, 2.45) is 0 Å². The molecule has 9 nitrogen and oxygen atoms in total. The van der Waals surface area contributed by atoms with Crippen molar-refractivity contribution < 1.29 is 36.9 Å². The zero-order chi connectivity index (χ0) is 27.7. The third-order valence-corrected chi connectivity index (χ3v) is 7.43. The van der Waals surface area contributed by atoms with Gasteiger partial charge >= 0.3 is 5.97 Å². The highest BCUT2D eigenvalue weighted by atomic mass is 35.5. The number of aliphatic carboxylic acids is 1. The predicted octanol–water partition coefficient (Wildman–Crippen LogP) is 4.77. The van der Waals surface area contributed by atoms with Crippen LogP contribution in [0.2, 0.25) is 5.02 Å². The zero-order valence-electron chi connectivity index (χ0n) is 20.1. The van der Waals surface area contributed by atoms with Gasteiger partial charge in [-0.25, -0.2) is 37.3 Å². The predicted molar refractivity (Wildman–Crippen MR) is 135 cm³/mol. The van der Waals surface area contributed by atoms with Crippen LogP contribution in [-0.4, -0.2) is 76.9 Å². The van der Waals surface area contributed by atoms with Gasteiger partial charge in [0.1, 0.15) is 29.8 Å².